The normalized spacial score (nSPS) is 11.3. The van der Waals surface area contributed by atoms with Crippen LogP contribution >= 0.6 is 0 Å². The fraction of sp³-hybridized carbons (Fsp3) is 0.500. The van der Waals surface area contributed by atoms with Crippen molar-refractivity contribution in [3.8, 4) is 0 Å². The number of hydrogen-bond acceptors (Lipinski definition) is 2. The lowest BCUT2D eigenvalue weighted by Crippen LogP contribution is -2.23. The van der Waals surface area contributed by atoms with E-state index < -0.39 is 0 Å². The average molecular weight is 210 g/mol. The van der Waals surface area contributed by atoms with E-state index in [2.05, 4.69) is 18.7 Å². The Morgan fingerprint density at radius 1 is 1.40 bits per heavy atom. The second-order valence-corrected chi connectivity index (χ2v) is 4.43. The molecule has 1 aromatic carbocycles. The first kappa shape index (κ1) is 12.0. The average Bonchev–Trinajstić information content (AvgIpc) is 2.10. The number of nitrogens with zero attached hydrogens (tertiary/aromatic N) is 1. The number of benzene rings is 1. The van der Waals surface area contributed by atoms with Crippen molar-refractivity contribution < 1.29 is 4.39 Å². The van der Waals surface area contributed by atoms with Gasteiger partial charge in [0.05, 0.1) is 0 Å². The van der Waals surface area contributed by atoms with Crippen LogP contribution in [0.2, 0.25) is 0 Å². The van der Waals surface area contributed by atoms with E-state index in [1.165, 1.54) is 12.1 Å². The summed E-state index contributed by atoms with van der Waals surface area (Å²) in [6, 6.07) is 4.52. The SMILES string of the molecule is CC(C)CN(C)Cc1cc(F)ccc1N. The molecule has 0 aromatic heterocycles. The number of nitrogens with two attached hydrogens (primary N) is 1. The van der Waals surface area contributed by atoms with E-state index in [0.717, 1.165) is 12.1 Å². The third-order valence-electron chi connectivity index (χ3n) is 2.22. The molecule has 0 atom stereocenters. The van der Waals surface area contributed by atoms with Crippen LogP contribution in [0.15, 0.2) is 18.2 Å². The largest absolute Gasteiger partial charge is 0.398 e. The van der Waals surface area contributed by atoms with E-state index in [9.17, 15) is 4.39 Å². The number of halogens is 1. The van der Waals surface area contributed by atoms with Gasteiger partial charge in [0.15, 0.2) is 0 Å². The van der Waals surface area contributed by atoms with Crippen LogP contribution < -0.4 is 5.73 Å². The van der Waals surface area contributed by atoms with Crippen molar-refractivity contribution in [2.24, 2.45) is 5.92 Å². The number of anilines is 1. The van der Waals surface area contributed by atoms with Crippen LogP contribution in [0.3, 0.4) is 0 Å². The third kappa shape index (κ3) is 3.88. The molecule has 0 aliphatic carbocycles. The van der Waals surface area contributed by atoms with Gasteiger partial charge >= 0.3 is 0 Å². The van der Waals surface area contributed by atoms with E-state index in [1.54, 1.807) is 6.07 Å². The minimum Gasteiger partial charge on any atom is -0.398 e. The molecular formula is C12H19FN2. The summed E-state index contributed by atoms with van der Waals surface area (Å²) in [5, 5.41) is 0. The smallest absolute Gasteiger partial charge is 0.123 e. The van der Waals surface area contributed by atoms with E-state index in [1.807, 2.05) is 7.05 Å². The summed E-state index contributed by atoms with van der Waals surface area (Å²) >= 11 is 0. The third-order valence-corrected chi connectivity index (χ3v) is 2.22. The monoisotopic (exact) mass is 210 g/mol. The van der Waals surface area contributed by atoms with Crippen LogP contribution in [-0.2, 0) is 6.54 Å². The number of hydrogen-bond donors (Lipinski definition) is 1. The van der Waals surface area contributed by atoms with Crippen molar-refractivity contribution in [1.82, 2.24) is 4.90 Å². The highest BCUT2D eigenvalue weighted by atomic mass is 19.1. The Morgan fingerprint density at radius 2 is 2.07 bits per heavy atom. The van der Waals surface area contributed by atoms with Crippen molar-refractivity contribution >= 4 is 5.69 Å². The molecule has 0 fully saturated rings. The van der Waals surface area contributed by atoms with Gasteiger partial charge in [0.1, 0.15) is 5.82 Å². The zero-order valence-corrected chi connectivity index (χ0v) is 9.63. The number of nitrogen functional groups attached to an aromatic ring is 1. The fourth-order valence-corrected chi connectivity index (χ4v) is 1.69. The van der Waals surface area contributed by atoms with Crippen molar-refractivity contribution in [3.05, 3.63) is 29.6 Å². The molecule has 0 aliphatic heterocycles. The van der Waals surface area contributed by atoms with Crippen LogP contribution in [0.1, 0.15) is 19.4 Å². The van der Waals surface area contributed by atoms with Gasteiger partial charge in [-0.15, -0.1) is 0 Å². The van der Waals surface area contributed by atoms with E-state index >= 15 is 0 Å². The van der Waals surface area contributed by atoms with Gasteiger partial charge < -0.3 is 10.6 Å². The molecular weight excluding hydrogens is 191 g/mol. The molecule has 0 saturated carbocycles. The molecule has 0 bridgehead atoms. The predicted octanol–water partition coefficient (Wildman–Crippen LogP) is 2.50. The predicted molar refractivity (Wildman–Crippen MR) is 62.0 cm³/mol. The van der Waals surface area contributed by atoms with Gasteiger partial charge in [-0.3, -0.25) is 0 Å². The zero-order chi connectivity index (χ0) is 11.4. The summed E-state index contributed by atoms with van der Waals surface area (Å²) in [7, 11) is 2.02. The highest BCUT2D eigenvalue weighted by molar-refractivity contribution is 5.46. The van der Waals surface area contributed by atoms with Crippen LogP contribution in [0.4, 0.5) is 10.1 Å². The minimum absolute atomic E-state index is 0.225. The van der Waals surface area contributed by atoms with Gasteiger partial charge in [-0.25, -0.2) is 4.39 Å². The molecule has 2 N–H and O–H groups in total. The summed E-state index contributed by atoms with van der Waals surface area (Å²) in [6.45, 7) is 5.99. The van der Waals surface area contributed by atoms with E-state index in [4.69, 9.17) is 5.73 Å². The first-order chi connectivity index (χ1) is 6.99. The topological polar surface area (TPSA) is 29.3 Å². The molecule has 0 radical (unpaired) electrons. The molecule has 1 rings (SSSR count). The molecule has 0 saturated heterocycles. The lowest BCUT2D eigenvalue weighted by Gasteiger charge is -2.19. The van der Waals surface area contributed by atoms with E-state index in [0.29, 0.717) is 18.2 Å². The molecule has 0 unspecified atom stereocenters. The maximum atomic E-state index is 13.0. The Kier molecular flexibility index (Phi) is 4.09. The Labute approximate surface area is 90.9 Å². The van der Waals surface area contributed by atoms with Gasteiger partial charge in [-0.2, -0.15) is 0 Å². The highest BCUT2D eigenvalue weighted by Gasteiger charge is 2.06. The van der Waals surface area contributed by atoms with Gasteiger partial charge in [-0.05, 0) is 36.7 Å². The van der Waals surface area contributed by atoms with Crippen LogP contribution in [-0.4, -0.2) is 18.5 Å². The Bertz CT molecular complexity index is 323. The molecule has 1 aromatic rings. The number of rotatable bonds is 4. The molecule has 0 heterocycles. The summed E-state index contributed by atoms with van der Waals surface area (Å²) in [4.78, 5) is 2.15. The van der Waals surface area contributed by atoms with Crippen molar-refractivity contribution in [2.45, 2.75) is 20.4 Å². The molecule has 3 heteroatoms. The van der Waals surface area contributed by atoms with Crippen LogP contribution in [0.5, 0.6) is 0 Å². The first-order valence-electron chi connectivity index (χ1n) is 5.21. The summed E-state index contributed by atoms with van der Waals surface area (Å²) < 4.78 is 13.0. The zero-order valence-electron chi connectivity index (χ0n) is 9.63. The quantitative estimate of drug-likeness (QED) is 0.774. The Morgan fingerprint density at radius 3 is 2.67 bits per heavy atom. The molecule has 2 nitrogen and oxygen atoms in total. The second kappa shape index (κ2) is 5.12. The van der Waals surface area contributed by atoms with Gasteiger partial charge in [-0.1, -0.05) is 13.8 Å². The second-order valence-electron chi connectivity index (χ2n) is 4.43. The Balaban J connectivity index is 2.67. The molecule has 84 valence electrons. The van der Waals surface area contributed by atoms with Gasteiger partial charge in [0, 0.05) is 18.8 Å². The minimum atomic E-state index is -0.225. The Hall–Kier alpha value is -1.09. The molecule has 0 amide bonds. The molecule has 15 heavy (non-hydrogen) atoms. The van der Waals surface area contributed by atoms with Crippen molar-refractivity contribution in [1.29, 1.82) is 0 Å². The standard InChI is InChI=1S/C12H19FN2/c1-9(2)7-15(3)8-10-6-11(13)4-5-12(10)14/h4-6,9H,7-8,14H2,1-3H3. The maximum Gasteiger partial charge on any atom is 0.123 e. The molecule has 0 spiro atoms. The van der Waals surface area contributed by atoms with Crippen molar-refractivity contribution in [2.75, 3.05) is 19.3 Å². The first-order valence-corrected chi connectivity index (χ1v) is 5.21. The van der Waals surface area contributed by atoms with E-state index in [-0.39, 0.29) is 5.82 Å². The van der Waals surface area contributed by atoms with Crippen LogP contribution in [0, 0.1) is 11.7 Å². The fourth-order valence-electron chi connectivity index (χ4n) is 1.69. The lowest BCUT2D eigenvalue weighted by molar-refractivity contribution is 0.288. The summed E-state index contributed by atoms with van der Waals surface area (Å²) in [5.41, 5.74) is 7.29. The lowest BCUT2D eigenvalue weighted by atomic mass is 10.1. The summed E-state index contributed by atoms with van der Waals surface area (Å²) in [5.74, 6) is 0.377. The van der Waals surface area contributed by atoms with Crippen molar-refractivity contribution in [3.63, 3.8) is 0 Å². The van der Waals surface area contributed by atoms with Crippen LogP contribution in [0.25, 0.3) is 0 Å². The maximum absolute atomic E-state index is 13.0. The van der Waals surface area contributed by atoms with Gasteiger partial charge in [0.2, 0.25) is 0 Å². The van der Waals surface area contributed by atoms with Gasteiger partial charge in [0.25, 0.3) is 0 Å². The summed E-state index contributed by atoms with van der Waals surface area (Å²) in [6.07, 6.45) is 0. The molecule has 0 aliphatic rings. The highest BCUT2D eigenvalue weighted by Crippen LogP contribution is 2.15.